The van der Waals surface area contributed by atoms with Crippen LogP contribution in [0.1, 0.15) is 37.5 Å². The van der Waals surface area contributed by atoms with Crippen LogP contribution in [0.4, 0.5) is 10.1 Å². The van der Waals surface area contributed by atoms with Crippen molar-refractivity contribution in [3.8, 4) is 0 Å². The molecular weight excluding hydrogens is 648 g/mol. The van der Waals surface area contributed by atoms with Crippen molar-refractivity contribution in [2.75, 3.05) is 10.8 Å². The first kappa shape index (κ1) is 34.9. The number of rotatable bonds is 11. The first-order valence-corrected chi connectivity index (χ1v) is 16.8. The molecule has 7 nitrogen and oxygen atoms in total. The third-order valence-corrected chi connectivity index (χ3v) is 9.65. The summed E-state index contributed by atoms with van der Waals surface area (Å²) in [6.45, 7) is 6.22. The summed E-state index contributed by atoms with van der Waals surface area (Å²) in [4.78, 5) is 29.6. The largest absolute Gasteiger partial charge is 0.350 e. The number of para-hydroxylation sites is 1. The van der Waals surface area contributed by atoms with E-state index in [1.165, 1.54) is 35.2 Å². The van der Waals surface area contributed by atoms with Crippen molar-refractivity contribution < 1.29 is 22.4 Å². The van der Waals surface area contributed by atoms with Gasteiger partial charge in [0.1, 0.15) is 18.4 Å². The van der Waals surface area contributed by atoms with Gasteiger partial charge in [-0.25, -0.2) is 12.8 Å². The highest BCUT2D eigenvalue weighted by molar-refractivity contribution is 7.92. The van der Waals surface area contributed by atoms with E-state index in [9.17, 15) is 18.0 Å². The second-order valence-electron chi connectivity index (χ2n) is 11.9. The highest BCUT2D eigenvalue weighted by Gasteiger charge is 2.36. The molecule has 0 saturated carbocycles. The maximum absolute atomic E-state index is 15.3. The number of benzene rings is 4. The zero-order valence-electron chi connectivity index (χ0n) is 26.0. The van der Waals surface area contributed by atoms with Crippen molar-refractivity contribution in [3.05, 3.63) is 130 Å². The van der Waals surface area contributed by atoms with Crippen LogP contribution in [-0.4, -0.2) is 43.3 Å². The molecule has 1 atom stereocenters. The van der Waals surface area contributed by atoms with Crippen molar-refractivity contribution in [2.45, 2.75) is 57.1 Å². The Bertz CT molecular complexity index is 1780. The molecule has 0 saturated heterocycles. The Labute approximate surface area is 280 Å². The van der Waals surface area contributed by atoms with Gasteiger partial charge in [-0.05, 0) is 69.7 Å². The highest BCUT2D eigenvalue weighted by atomic mass is 35.5. The van der Waals surface area contributed by atoms with Crippen molar-refractivity contribution in [2.24, 2.45) is 0 Å². The molecule has 0 spiro atoms. The van der Waals surface area contributed by atoms with Crippen molar-refractivity contribution in [1.82, 2.24) is 10.2 Å². The minimum Gasteiger partial charge on any atom is -0.350 e. The number of amides is 2. The minimum atomic E-state index is -4.45. The molecule has 2 amide bonds. The Morgan fingerprint density at radius 3 is 2.02 bits per heavy atom. The topological polar surface area (TPSA) is 86.8 Å². The van der Waals surface area contributed by atoms with Gasteiger partial charge in [-0.3, -0.25) is 13.9 Å². The van der Waals surface area contributed by atoms with E-state index in [4.69, 9.17) is 23.2 Å². The number of carbonyl (C=O) groups excluding carboxylic acids is 2. The number of hydrogen-bond acceptors (Lipinski definition) is 4. The van der Waals surface area contributed by atoms with Crippen LogP contribution in [0, 0.1) is 12.7 Å². The van der Waals surface area contributed by atoms with Crippen LogP contribution in [0.5, 0.6) is 0 Å². The molecule has 4 rings (SSSR count). The summed E-state index contributed by atoms with van der Waals surface area (Å²) in [5, 5.41) is 3.48. The first-order chi connectivity index (χ1) is 21.7. The van der Waals surface area contributed by atoms with Gasteiger partial charge in [0.25, 0.3) is 10.0 Å². The molecule has 242 valence electrons. The molecule has 0 radical (unpaired) electrons. The first-order valence-electron chi connectivity index (χ1n) is 14.6. The van der Waals surface area contributed by atoms with Gasteiger partial charge in [0.05, 0.1) is 10.6 Å². The van der Waals surface area contributed by atoms with Gasteiger partial charge < -0.3 is 10.2 Å². The molecule has 0 aromatic heterocycles. The number of hydrogen-bond donors (Lipinski definition) is 1. The summed E-state index contributed by atoms with van der Waals surface area (Å²) in [5.74, 6) is -2.07. The van der Waals surface area contributed by atoms with Gasteiger partial charge in [-0.1, -0.05) is 89.4 Å². The molecule has 1 unspecified atom stereocenters. The molecular formula is C35H36Cl2FN3O4S. The zero-order chi connectivity index (χ0) is 33.6. The quantitative estimate of drug-likeness (QED) is 0.181. The lowest BCUT2D eigenvalue weighted by Crippen LogP contribution is -2.56. The fraction of sp³-hybridized carbons (Fsp3) is 0.257. The van der Waals surface area contributed by atoms with E-state index in [-0.39, 0.29) is 33.6 Å². The van der Waals surface area contributed by atoms with Crippen LogP contribution in [0.25, 0.3) is 0 Å². The lowest BCUT2D eigenvalue weighted by molar-refractivity contribution is -0.140. The van der Waals surface area contributed by atoms with E-state index in [0.717, 1.165) is 21.5 Å². The Morgan fingerprint density at radius 2 is 1.43 bits per heavy atom. The molecule has 0 heterocycles. The van der Waals surface area contributed by atoms with Crippen LogP contribution >= 0.6 is 23.2 Å². The number of nitrogens with zero attached hydrogens (tertiary/aromatic N) is 2. The third kappa shape index (κ3) is 8.66. The predicted octanol–water partition coefficient (Wildman–Crippen LogP) is 7.19. The normalized spacial score (nSPS) is 12.3. The standard InChI is InChI=1S/C35H36Cl2FN3O4S/c1-24-17-19-26(20-18-24)46(44,45)41(31-16-9-8-15-30(31)38)23-33(42)40(22-27-28(36)13-10-14-29(27)37)32(34(43)39-35(2,3)4)21-25-11-6-5-7-12-25/h5-20,32H,21-23H2,1-4H3,(H,39,43). The van der Waals surface area contributed by atoms with Gasteiger partial charge in [-0.2, -0.15) is 0 Å². The number of carbonyl (C=O) groups is 2. The van der Waals surface area contributed by atoms with Crippen molar-refractivity contribution >= 4 is 50.7 Å². The number of halogens is 3. The molecule has 1 N–H and O–H groups in total. The van der Waals surface area contributed by atoms with E-state index < -0.39 is 45.8 Å². The number of aryl methyl sites for hydroxylation is 1. The summed E-state index contributed by atoms with van der Waals surface area (Å²) in [6, 6.07) is 24.2. The van der Waals surface area contributed by atoms with E-state index in [2.05, 4.69) is 5.32 Å². The molecule has 0 fully saturated rings. The van der Waals surface area contributed by atoms with Gasteiger partial charge >= 0.3 is 0 Å². The van der Waals surface area contributed by atoms with Crippen LogP contribution in [-0.2, 0) is 32.6 Å². The monoisotopic (exact) mass is 683 g/mol. The Balaban J connectivity index is 1.86. The number of anilines is 1. The predicted molar refractivity (Wildman–Crippen MR) is 181 cm³/mol. The summed E-state index contributed by atoms with van der Waals surface area (Å²) < 4.78 is 44.2. The smallest absolute Gasteiger partial charge is 0.264 e. The molecule has 0 aliphatic carbocycles. The second-order valence-corrected chi connectivity index (χ2v) is 14.6. The summed E-state index contributed by atoms with van der Waals surface area (Å²) in [6.07, 6.45) is 0.0982. The van der Waals surface area contributed by atoms with Crippen LogP contribution in [0.15, 0.2) is 102 Å². The Morgan fingerprint density at radius 1 is 0.848 bits per heavy atom. The van der Waals surface area contributed by atoms with Crippen LogP contribution in [0.2, 0.25) is 10.0 Å². The molecule has 4 aromatic rings. The van der Waals surface area contributed by atoms with Gasteiger partial charge in [0, 0.05) is 34.1 Å². The molecule has 11 heteroatoms. The van der Waals surface area contributed by atoms with Gasteiger partial charge in [0.15, 0.2) is 0 Å². The summed E-state index contributed by atoms with van der Waals surface area (Å²) in [5.41, 5.74) is 0.990. The molecule has 46 heavy (non-hydrogen) atoms. The summed E-state index contributed by atoms with van der Waals surface area (Å²) >= 11 is 13.1. The Hall–Kier alpha value is -3.92. The van der Waals surface area contributed by atoms with E-state index in [0.29, 0.717) is 5.56 Å². The zero-order valence-corrected chi connectivity index (χ0v) is 28.3. The van der Waals surface area contributed by atoms with Crippen molar-refractivity contribution in [1.29, 1.82) is 0 Å². The number of nitrogens with one attached hydrogen (secondary N) is 1. The molecule has 0 aliphatic heterocycles. The maximum atomic E-state index is 15.3. The molecule has 4 aromatic carbocycles. The van der Waals surface area contributed by atoms with Crippen LogP contribution in [0.3, 0.4) is 0 Å². The lowest BCUT2D eigenvalue weighted by Gasteiger charge is -2.35. The fourth-order valence-electron chi connectivity index (χ4n) is 4.87. The minimum absolute atomic E-state index is 0.0982. The average molecular weight is 685 g/mol. The average Bonchev–Trinajstić information content (AvgIpc) is 2.99. The highest BCUT2D eigenvalue weighted by Crippen LogP contribution is 2.30. The van der Waals surface area contributed by atoms with Gasteiger partial charge in [-0.15, -0.1) is 0 Å². The lowest BCUT2D eigenvalue weighted by atomic mass is 10.0. The molecule has 0 bridgehead atoms. The molecule has 0 aliphatic rings. The van der Waals surface area contributed by atoms with E-state index >= 15 is 4.39 Å². The summed E-state index contributed by atoms with van der Waals surface area (Å²) in [7, 11) is -4.45. The third-order valence-electron chi connectivity index (χ3n) is 7.17. The second kappa shape index (κ2) is 14.7. The van der Waals surface area contributed by atoms with Crippen LogP contribution < -0.4 is 9.62 Å². The SMILES string of the molecule is Cc1ccc(S(=O)(=O)N(CC(=O)N(Cc2c(Cl)cccc2Cl)C(Cc2ccccc2)C(=O)NC(C)(C)C)c2ccccc2F)cc1. The van der Waals surface area contributed by atoms with Crippen molar-refractivity contribution in [3.63, 3.8) is 0 Å². The fourth-order valence-corrected chi connectivity index (χ4v) is 6.80. The maximum Gasteiger partial charge on any atom is 0.264 e. The number of sulfonamides is 1. The van der Waals surface area contributed by atoms with E-state index in [1.54, 1.807) is 30.3 Å². The van der Waals surface area contributed by atoms with E-state index in [1.807, 2.05) is 58.0 Å². The van der Waals surface area contributed by atoms with Gasteiger partial charge in [0.2, 0.25) is 11.8 Å². The Kier molecular flexibility index (Phi) is 11.1.